The first-order valence-electron chi connectivity index (χ1n) is 4.94. The summed E-state index contributed by atoms with van der Waals surface area (Å²) in [7, 11) is 0. The quantitative estimate of drug-likeness (QED) is 0.854. The molecule has 0 aliphatic carbocycles. The number of aromatic hydroxyl groups is 1. The molecule has 1 heterocycles. The van der Waals surface area contributed by atoms with Crippen LogP contribution in [0.5, 0.6) is 5.75 Å². The van der Waals surface area contributed by atoms with Gasteiger partial charge in [0.25, 0.3) is 0 Å². The highest BCUT2D eigenvalue weighted by Crippen LogP contribution is 2.32. The standard InChI is InChI=1S/C10H9F3N4O/c11-10(12,13)9-8(5-14)15-16-17(9)6-1-3-7(18)4-2-6/h1-4,18H,5,14H2. The van der Waals surface area contributed by atoms with Crippen molar-refractivity contribution in [3.05, 3.63) is 35.7 Å². The van der Waals surface area contributed by atoms with Crippen LogP contribution in [0.2, 0.25) is 0 Å². The van der Waals surface area contributed by atoms with Gasteiger partial charge in [0.15, 0.2) is 5.69 Å². The van der Waals surface area contributed by atoms with Crippen LogP contribution in [0.25, 0.3) is 5.69 Å². The summed E-state index contributed by atoms with van der Waals surface area (Å²) in [5.41, 5.74) is 4.03. The molecule has 0 aliphatic rings. The first-order valence-corrected chi connectivity index (χ1v) is 4.94. The van der Waals surface area contributed by atoms with E-state index in [4.69, 9.17) is 10.8 Å². The highest BCUT2D eigenvalue weighted by molar-refractivity contribution is 5.38. The molecule has 1 aromatic heterocycles. The lowest BCUT2D eigenvalue weighted by Gasteiger charge is -2.10. The molecule has 0 aliphatic heterocycles. The predicted octanol–water partition coefficient (Wildman–Crippen LogP) is 1.45. The lowest BCUT2D eigenvalue weighted by molar-refractivity contribution is -0.143. The molecule has 0 saturated carbocycles. The molecule has 0 spiro atoms. The third-order valence-corrected chi connectivity index (χ3v) is 2.30. The van der Waals surface area contributed by atoms with Crippen molar-refractivity contribution in [2.75, 3.05) is 0 Å². The van der Waals surface area contributed by atoms with Crippen LogP contribution in [-0.4, -0.2) is 20.1 Å². The number of phenols is 1. The van der Waals surface area contributed by atoms with E-state index in [2.05, 4.69) is 10.3 Å². The van der Waals surface area contributed by atoms with Gasteiger partial charge in [0.1, 0.15) is 11.4 Å². The third-order valence-electron chi connectivity index (χ3n) is 2.30. The number of halogens is 3. The van der Waals surface area contributed by atoms with E-state index in [-0.39, 0.29) is 23.7 Å². The highest BCUT2D eigenvalue weighted by Gasteiger charge is 2.39. The smallest absolute Gasteiger partial charge is 0.435 e. The largest absolute Gasteiger partial charge is 0.508 e. The molecule has 2 rings (SSSR count). The van der Waals surface area contributed by atoms with E-state index in [1.807, 2.05) is 0 Å². The van der Waals surface area contributed by atoms with Gasteiger partial charge in [-0.25, -0.2) is 4.68 Å². The second-order valence-electron chi connectivity index (χ2n) is 3.51. The van der Waals surface area contributed by atoms with Crippen LogP contribution in [0.3, 0.4) is 0 Å². The topological polar surface area (TPSA) is 77.0 Å². The molecule has 0 fully saturated rings. The summed E-state index contributed by atoms with van der Waals surface area (Å²) in [5, 5.41) is 15.9. The minimum Gasteiger partial charge on any atom is -0.508 e. The van der Waals surface area contributed by atoms with Crippen LogP contribution in [-0.2, 0) is 12.7 Å². The highest BCUT2D eigenvalue weighted by atomic mass is 19.4. The van der Waals surface area contributed by atoms with Crippen LogP contribution < -0.4 is 5.73 Å². The monoisotopic (exact) mass is 258 g/mol. The lowest BCUT2D eigenvalue weighted by atomic mass is 10.2. The Labute approximate surface area is 99.6 Å². The summed E-state index contributed by atoms with van der Waals surface area (Å²) in [6, 6.07) is 5.14. The molecular weight excluding hydrogens is 249 g/mol. The fraction of sp³-hybridized carbons (Fsp3) is 0.200. The Kier molecular flexibility index (Phi) is 2.95. The number of benzene rings is 1. The lowest BCUT2D eigenvalue weighted by Crippen LogP contribution is -2.16. The van der Waals surface area contributed by atoms with Crippen LogP contribution in [0.4, 0.5) is 13.2 Å². The fourth-order valence-corrected chi connectivity index (χ4v) is 1.51. The van der Waals surface area contributed by atoms with Crippen molar-refractivity contribution in [2.45, 2.75) is 12.7 Å². The van der Waals surface area contributed by atoms with E-state index in [9.17, 15) is 13.2 Å². The number of phenolic OH excluding ortho intramolecular Hbond substituents is 1. The second-order valence-corrected chi connectivity index (χ2v) is 3.51. The normalized spacial score (nSPS) is 11.8. The Balaban J connectivity index is 2.58. The van der Waals surface area contributed by atoms with Gasteiger partial charge in [-0.05, 0) is 24.3 Å². The van der Waals surface area contributed by atoms with Gasteiger partial charge in [-0.1, -0.05) is 5.21 Å². The minimum absolute atomic E-state index is 0.0496. The maximum atomic E-state index is 12.9. The van der Waals surface area contributed by atoms with Gasteiger partial charge in [-0.3, -0.25) is 0 Å². The van der Waals surface area contributed by atoms with Crippen LogP contribution in [0.1, 0.15) is 11.4 Å². The van der Waals surface area contributed by atoms with Gasteiger partial charge >= 0.3 is 6.18 Å². The number of hydrogen-bond acceptors (Lipinski definition) is 4. The second kappa shape index (κ2) is 4.30. The Morgan fingerprint density at radius 3 is 2.33 bits per heavy atom. The SMILES string of the molecule is NCc1nnn(-c2ccc(O)cc2)c1C(F)(F)F. The molecular formula is C10H9F3N4O. The summed E-state index contributed by atoms with van der Waals surface area (Å²) in [4.78, 5) is 0. The van der Waals surface area contributed by atoms with Crippen molar-refractivity contribution in [3.63, 3.8) is 0 Å². The van der Waals surface area contributed by atoms with Gasteiger partial charge < -0.3 is 10.8 Å². The van der Waals surface area contributed by atoms with E-state index in [0.717, 1.165) is 0 Å². The predicted molar refractivity (Wildman–Crippen MR) is 55.9 cm³/mol. The number of hydrogen-bond donors (Lipinski definition) is 2. The summed E-state index contributed by atoms with van der Waals surface area (Å²) in [5.74, 6) is -0.0496. The zero-order valence-corrected chi connectivity index (χ0v) is 9.02. The first-order chi connectivity index (χ1) is 8.43. The minimum atomic E-state index is -4.60. The van der Waals surface area contributed by atoms with Gasteiger partial charge in [-0.2, -0.15) is 13.2 Å². The number of rotatable bonds is 2. The van der Waals surface area contributed by atoms with E-state index in [0.29, 0.717) is 4.68 Å². The van der Waals surface area contributed by atoms with Crippen LogP contribution >= 0.6 is 0 Å². The Morgan fingerprint density at radius 1 is 1.22 bits per heavy atom. The van der Waals surface area contributed by atoms with Gasteiger partial charge in [0.2, 0.25) is 0 Å². The van der Waals surface area contributed by atoms with Gasteiger partial charge in [0.05, 0.1) is 5.69 Å². The van der Waals surface area contributed by atoms with Crippen LogP contribution in [0.15, 0.2) is 24.3 Å². The van der Waals surface area contributed by atoms with Crippen molar-refractivity contribution in [1.82, 2.24) is 15.0 Å². The number of aromatic nitrogens is 3. The molecule has 0 unspecified atom stereocenters. The van der Waals surface area contributed by atoms with Gasteiger partial charge in [0, 0.05) is 6.54 Å². The summed E-state index contributed by atoms with van der Waals surface area (Å²) in [6.07, 6.45) is -4.60. The van der Waals surface area contributed by atoms with Crippen LogP contribution in [0, 0.1) is 0 Å². The molecule has 0 amide bonds. The van der Waals surface area contributed by atoms with E-state index < -0.39 is 11.9 Å². The number of nitrogens with zero attached hydrogens (tertiary/aromatic N) is 3. The molecule has 18 heavy (non-hydrogen) atoms. The van der Waals surface area contributed by atoms with Crippen molar-refractivity contribution in [3.8, 4) is 11.4 Å². The van der Waals surface area contributed by atoms with E-state index >= 15 is 0 Å². The van der Waals surface area contributed by atoms with Crippen molar-refractivity contribution in [1.29, 1.82) is 0 Å². The first kappa shape index (κ1) is 12.4. The summed E-state index contributed by atoms with van der Waals surface area (Å²) < 4.78 is 39.3. The van der Waals surface area contributed by atoms with Gasteiger partial charge in [-0.15, -0.1) is 5.10 Å². The molecule has 96 valence electrons. The molecule has 0 atom stereocenters. The molecule has 5 nitrogen and oxygen atoms in total. The van der Waals surface area contributed by atoms with Crippen molar-refractivity contribution in [2.24, 2.45) is 5.73 Å². The molecule has 0 radical (unpaired) electrons. The molecule has 8 heteroatoms. The Bertz CT molecular complexity index is 547. The Hall–Kier alpha value is -2.09. The molecule has 0 bridgehead atoms. The summed E-state index contributed by atoms with van der Waals surface area (Å²) in [6.45, 7) is -0.354. The zero-order valence-electron chi connectivity index (χ0n) is 9.02. The van der Waals surface area contributed by atoms with E-state index in [1.165, 1.54) is 24.3 Å². The fourth-order valence-electron chi connectivity index (χ4n) is 1.51. The zero-order chi connectivity index (χ0) is 13.3. The molecule has 1 aromatic carbocycles. The maximum Gasteiger partial charge on any atom is 0.435 e. The average Bonchev–Trinajstić information content (AvgIpc) is 2.73. The number of alkyl halides is 3. The third kappa shape index (κ3) is 2.14. The number of nitrogens with two attached hydrogens (primary N) is 1. The molecule has 2 aromatic rings. The molecule has 0 saturated heterocycles. The average molecular weight is 258 g/mol. The summed E-state index contributed by atoms with van der Waals surface area (Å²) >= 11 is 0. The van der Waals surface area contributed by atoms with E-state index in [1.54, 1.807) is 0 Å². The van der Waals surface area contributed by atoms with Crippen molar-refractivity contribution < 1.29 is 18.3 Å². The van der Waals surface area contributed by atoms with Crippen molar-refractivity contribution >= 4 is 0 Å². The maximum absolute atomic E-state index is 12.9. The Morgan fingerprint density at radius 2 is 1.83 bits per heavy atom. The molecule has 3 N–H and O–H groups in total.